The molecule has 0 bridgehead atoms. The summed E-state index contributed by atoms with van der Waals surface area (Å²) in [7, 11) is 0. The molecule has 0 radical (unpaired) electrons. The summed E-state index contributed by atoms with van der Waals surface area (Å²) in [5, 5.41) is 0. The minimum Gasteiger partial charge on any atom is -0.271 e. The lowest BCUT2D eigenvalue weighted by Crippen LogP contribution is -2.30. The highest BCUT2D eigenvalue weighted by Crippen LogP contribution is 2.23. The van der Waals surface area contributed by atoms with Crippen LogP contribution in [-0.2, 0) is 0 Å². The average Bonchev–Trinajstić information content (AvgIpc) is 2.33. The molecule has 1 heterocycles. The van der Waals surface area contributed by atoms with E-state index in [0.717, 1.165) is 11.4 Å². The van der Waals surface area contributed by atoms with Crippen LogP contribution in [0.5, 0.6) is 0 Å². The van der Waals surface area contributed by atoms with Crippen molar-refractivity contribution in [1.82, 2.24) is 10.4 Å². The fourth-order valence-corrected chi connectivity index (χ4v) is 2.21. The molecule has 2 rings (SSSR count). The molecule has 1 aromatic carbocycles. The highest BCUT2D eigenvalue weighted by Gasteiger charge is 2.15. The second kappa shape index (κ2) is 5.29. The van der Waals surface area contributed by atoms with Gasteiger partial charge in [0.1, 0.15) is 0 Å². The smallest absolute Gasteiger partial charge is 0.0884 e. The Morgan fingerprint density at radius 2 is 1.89 bits per heavy atom. The van der Waals surface area contributed by atoms with Crippen molar-refractivity contribution in [3.63, 3.8) is 0 Å². The third-order valence-corrected chi connectivity index (χ3v) is 3.11. The standard InChI is InChI=1S/C15H19N3/c1-10-7-8-13(11(2)9-10)15(18-16)14-6-4-5-12(3)17-14/h4-9,15,18H,16H2,1-3H3. The number of hydrogen-bond donors (Lipinski definition) is 2. The van der Waals surface area contributed by atoms with Gasteiger partial charge in [0.25, 0.3) is 0 Å². The van der Waals surface area contributed by atoms with Gasteiger partial charge in [-0.1, -0.05) is 29.8 Å². The number of nitrogens with two attached hydrogens (primary N) is 1. The molecule has 0 fully saturated rings. The van der Waals surface area contributed by atoms with Gasteiger partial charge in [0.2, 0.25) is 0 Å². The normalized spacial score (nSPS) is 12.4. The third-order valence-electron chi connectivity index (χ3n) is 3.11. The van der Waals surface area contributed by atoms with Crippen LogP contribution in [0.2, 0.25) is 0 Å². The van der Waals surface area contributed by atoms with E-state index in [9.17, 15) is 0 Å². The summed E-state index contributed by atoms with van der Waals surface area (Å²) in [6, 6.07) is 12.3. The second-order valence-corrected chi connectivity index (χ2v) is 4.66. The highest BCUT2D eigenvalue weighted by atomic mass is 15.2. The number of hydrogen-bond acceptors (Lipinski definition) is 3. The molecule has 0 saturated carbocycles. The minimum absolute atomic E-state index is 0.0644. The van der Waals surface area contributed by atoms with Gasteiger partial charge >= 0.3 is 0 Å². The van der Waals surface area contributed by atoms with Gasteiger partial charge in [-0.15, -0.1) is 0 Å². The molecule has 0 aliphatic heterocycles. The van der Waals surface area contributed by atoms with E-state index in [1.54, 1.807) is 0 Å². The summed E-state index contributed by atoms with van der Waals surface area (Å²) in [5.74, 6) is 5.70. The molecule has 1 atom stereocenters. The maximum absolute atomic E-state index is 5.70. The van der Waals surface area contributed by atoms with Crippen LogP contribution in [0.15, 0.2) is 36.4 Å². The van der Waals surface area contributed by atoms with Gasteiger partial charge in [-0.3, -0.25) is 10.8 Å². The number of nitrogens with one attached hydrogen (secondary N) is 1. The molecule has 0 amide bonds. The van der Waals surface area contributed by atoms with Crippen molar-refractivity contribution in [2.75, 3.05) is 0 Å². The van der Waals surface area contributed by atoms with Crippen molar-refractivity contribution in [2.45, 2.75) is 26.8 Å². The Morgan fingerprint density at radius 1 is 1.11 bits per heavy atom. The molecule has 1 unspecified atom stereocenters. The third kappa shape index (κ3) is 2.58. The van der Waals surface area contributed by atoms with Gasteiger partial charge in [0, 0.05) is 5.69 Å². The van der Waals surface area contributed by atoms with Crippen molar-refractivity contribution in [3.05, 3.63) is 64.5 Å². The molecule has 3 heteroatoms. The topological polar surface area (TPSA) is 50.9 Å². The first-order valence-electron chi connectivity index (χ1n) is 6.08. The molecule has 3 nitrogen and oxygen atoms in total. The van der Waals surface area contributed by atoms with Crippen LogP contribution < -0.4 is 11.3 Å². The second-order valence-electron chi connectivity index (χ2n) is 4.66. The number of aromatic nitrogens is 1. The summed E-state index contributed by atoms with van der Waals surface area (Å²) in [6.45, 7) is 6.17. The molecule has 2 aromatic rings. The fourth-order valence-electron chi connectivity index (χ4n) is 2.21. The minimum atomic E-state index is -0.0644. The molecule has 0 spiro atoms. The molecule has 0 aliphatic carbocycles. The van der Waals surface area contributed by atoms with Gasteiger partial charge in [0.05, 0.1) is 11.7 Å². The van der Waals surface area contributed by atoms with Gasteiger partial charge in [0.15, 0.2) is 0 Å². The van der Waals surface area contributed by atoms with E-state index in [1.165, 1.54) is 16.7 Å². The summed E-state index contributed by atoms with van der Waals surface area (Å²) < 4.78 is 0. The summed E-state index contributed by atoms with van der Waals surface area (Å²) >= 11 is 0. The first-order valence-corrected chi connectivity index (χ1v) is 6.08. The Labute approximate surface area is 108 Å². The van der Waals surface area contributed by atoms with Crippen LogP contribution in [0, 0.1) is 20.8 Å². The van der Waals surface area contributed by atoms with E-state index in [-0.39, 0.29) is 6.04 Å². The lowest BCUT2D eigenvalue weighted by molar-refractivity contribution is 0.616. The molecular formula is C15H19N3. The van der Waals surface area contributed by atoms with E-state index in [4.69, 9.17) is 5.84 Å². The number of aryl methyl sites for hydroxylation is 3. The van der Waals surface area contributed by atoms with Crippen LogP contribution in [0.3, 0.4) is 0 Å². The fraction of sp³-hybridized carbons (Fsp3) is 0.267. The van der Waals surface area contributed by atoms with Crippen molar-refractivity contribution in [1.29, 1.82) is 0 Å². The maximum atomic E-state index is 5.70. The quantitative estimate of drug-likeness (QED) is 0.641. The van der Waals surface area contributed by atoms with Crippen molar-refractivity contribution < 1.29 is 0 Å². The van der Waals surface area contributed by atoms with Gasteiger partial charge < -0.3 is 0 Å². The van der Waals surface area contributed by atoms with Crippen LogP contribution >= 0.6 is 0 Å². The van der Waals surface area contributed by atoms with E-state index in [0.29, 0.717) is 0 Å². The van der Waals surface area contributed by atoms with Crippen LogP contribution in [0.4, 0.5) is 0 Å². The number of nitrogens with zero attached hydrogens (tertiary/aromatic N) is 1. The zero-order valence-corrected chi connectivity index (χ0v) is 11.1. The van der Waals surface area contributed by atoms with E-state index in [2.05, 4.69) is 42.5 Å². The van der Waals surface area contributed by atoms with E-state index in [1.807, 2.05) is 25.1 Å². The van der Waals surface area contributed by atoms with Crippen LogP contribution in [0.1, 0.15) is 34.1 Å². The molecule has 3 N–H and O–H groups in total. The van der Waals surface area contributed by atoms with Crippen LogP contribution in [-0.4, -0.2) is 4.98 Å². The predicted octanol–water partition coefficient (Wildman–Crippen LogP) is 2.56. The molecular weight excluding hydrogens is 222 g/mol. The predicted molar refractivity (Wildman–Crippen MR) is 74.1 cm³/mol. The first kappa shape index (κ1) is 12.7. The summed E-state index contributed by atoms with van der Waals surface area (Å²) in [5.41, 5.74) is 8.45. The Kier molecular flexibility index (Phi) is 3.75. The van der Waals surface area contributed by atoms with Gasteiger partial charge in [-0.05, 0) is 44.0 Å². The summed E-state index contributed by atoms with van der Waals surface area (Å²) in [4.78, 5) is 4.54. The largest absolute Gasteiger partial charge is 0.271 e. The average molecular weight is 241 g/mol. The lowest BCUT2D eigenvalue weighted by atomic mass is 9.97. The monoisotopic (exact) mass is 241 g/mol. The number of hydrazine groups is 1. The molecule has 0 aliphatic rings. The van der Waals surface area contributed by atoms with Crippen molar-refractivity contribution >= 4 is 0 Å². The first-order chi connectivity index (χ1) is 8.61. The van der Waals surface area contributed by atoms with Gasteiger partial charge in [-0.2, -0.15) is 0 Å². The Hall–Kier alpha value is -1.71. The van der Waals surface area contributed by atoms with Crippen molar-refractivity contribution in [2.24, 2.45) is 5.84 Å². The number of pyridine rings is 1. The lowest BCUT2D eigenvalue weighted by Gasteiger charge is -2.19. The highest BCUT2D eigenvalue weighted by molar-refractivity contribution is 5.37. The molecule has 18 heavy (non-hydrogen) atoms. The van der Waals surface area contributed by atoms with Crippen LogP contribution in [0.25, 0.3) is 0 Å². The Balaban J connectivity index is 2.45. The van der Waals surface area contributed by atoms with Gasteiger partial charge in [-0.25, -0.2) is 5.43 Å². The Bertz CT molecular complexity index is 549. The zero-order chi connectivity index (χ0) is 13.1. The molecule has 0 saturated heterocycles. The number of benzene rings is 1. The molecule has 94 valence electrons. The summed E-state index contributed by atoms with van der Waals surface area (Å²) in [6.07, 6.45) is 0. The SMILES string of the molecule is Cc1ccc(C(NN)c2cccc(C)n2)c(C)c1. The maximum Gasteiger partial charge on any atom is 0.0884 e. The van der Waals surface area contributed by atoms with E-state index >= 15 is 0 Å². The Morgan fingerprint density at radius 3 is 2.50 bits per heavy atom. The van der Waals surface area contributed by atoms with E-state index < -0.39 is 0 Å². The van der Waals surface area contributed by atoms with Crippen molar-refractivity contribution in [3.8, 4) is 0 Å². The number of rotatable bonds is 3. The zero-order valence-electron chi connectivity index (χ0n) is 11.1. The molecule has 1 aromatic heterocycles.